The number of allylic oxidation sites excluding steroid dienone is 5. The van der Waals surface area contributed by atoms with Crippen molar-refractivity contribution in [2.45, 2.75) is 161 Å². The zero-order valence-corrected chi connectivity index (χ0v) is 24.5. The fourth-order valence-corrected chi connectivity index (χ4v) is 4.38. The predicted octanol–water partition coefficient (Wildman–Crippen LogP) is 8.72. The van der Waals surface area contributed by atoms with Crippen LogP contribution in [0.3, 0.4) is 0 Å². The first-order valence-corrected chi connectivity index (χ1v) is 15.7. The molecule has 3 N–H and O–H groups in total. The number of unbranched alkanes of at least 4 members (excludes halogenated alkanes) is 16. The van der Waals surface area contributed by atoms with Crippen LogP contribution in [0.5, 0.6) is 0 Å². The van der Waals surface area contributed by atoms with Gasteiger partial charge in [0.15, 0.2) is 0 Å². The summed E-state index contributed by atoms with van der Waals surface area (Å²) in [5.41, 5.74) is 0. The Morgan fingerprint density at radius 3 is 1.57 bits per heavy atom. The quantitative estimate of drug-likeness (QED) is 0.0750. The van der Waals surface area contributed by atoms with Crippen molar-refractivity contribution in [2.75, 3.05) is 6.61 Å². The number of carbonyl (C=O) groups is 1. The van der Waals surface area contributed by atoms with Gasteiger partial charge >= 0.3 is 0 Å². The van der Waals surface area contributed by atoms with E-state index < -0.39 is 12.1 Å². The third kappa shape index (κ3) is 26.0. The van der Waals surface area contributed by atoms with Crippen LogP contribution in [0.2, 0.25) is 0 Å². The molecule has 0 aliphatic carbocycles. The summed E-state index contributed by atoms with van der Waals surface area (Å²) >= 11 is 0. The van der Waals surface area contributed by atoms with Crippen molar-refractivity contribution in [1.29, 1.82) is 0 Å². The molecular weight excluding hydrogens is 458 g/mol. The fourth-order valence-electron chi connectivity index (χ4n) is 4.38. The number of amides is 1. The highest BCUT2D eigenvalue weighted by atomic mass is 16.3. The lowest BCUT2D eigenvalue weighted by Crippen LogP contribution is -2.45. The maximum Gasteiger partial charge on any atom is 0.220 e. The van der Waals surface area contributed by atoms with Gasteiger partial charge in [-0.1, -0.05) is 134 Å². The Morgan fingerprint density at radius 1 is 0.622 bits per heavy atom. The van der Waals surface area contributed by atoms with E-state index in [4.69, 9.17) is 0 Å². The van der Waals surface area contributed by atoms with Gasteiger partial charge in [0.25, 0.3) is 0 Å². The van der Waals surface area contributed by atoms with Crippen LogP contribution in [0, 0.1) is 0 Å². The van der Waals surface area contributed by atoms with Gasteiger partial charge in [0.05, 0.1) is 18.8 Å². The van der Waals surface area contributed by atoms with Crippen LogP contribution in [0.4, 0.5) is 0 Å². The third-order valence-electron chi connectivity index (χ3n) is 6.85. The highest BCUT2D eigenvalue weighted by molar-refractivity contribution is 5.76. The summed E-state index contributed by atoms with van der Waals surface area (Å²) in [5.74, 6) is -0.0987. The summed E-state index contributed by atoms with van der Waals surface area (Å²) in [6.07, 6.45) is 37.0. The highest BCUT2D eigenvalue weighted by Gasteiger charge is 2.17. The van der Waals surface area contributed by atoms with Gasteiger partial charge in [-0.15, -0.1) is 0 Å². The highest BCUT2D eigenvalue weighted by Crippen LogP contribution is 2.12. The maximum absolute atomic E-state index is 12.0. The number of hydrogen-bond donors (Lipinski definition) is 3. The average molecular weight is 520 g/mol. The number of aliphatic hydroxyl groups excluding tert-OH is 2. The molecule has 216 valence electrons. The minimum absolute atomic E-state index is 0.0987. The number of nitrogens with one attached hydrogen (secondary N) is 1. The van der Waals surface area contributed by atoms with Gasteiger partial charge in [-0.2, -0.15) is 0 Å². The number of carbonyl (C=O) groups excluding carboxylic acids is 1. The molecule has 2 atom stereocenters. The Balaban J connectivity index is 3.64. The summed E-state index contributed by atoms with van der Waals surface area (Å²) in [4.78, 5) is 12.0. The zero-order valence-electron chi connectivity index (χ0n) is 24.5. The molecule has 0 radical (unpaired) electrons. The molecular formula is C33H61NO3. The SMILES string of the molecule is CCCCCCCCCCCCC/C=C/CC/C=C/CC/C=C/C(O)C(CO)NC(=O)CCCCCC. The Bertz CT molecular complexity index is 570. The molecule has 1 amide bonds. The van der Waals surface area contributed by atoms with Crippen molar-refractivity contribution in [3.05, 3.63) is 36.5 Å². The van der Waals surface area contributed by atoms with Gasteiger partial charge in [-0.3, -0.25) is 4.79 Å². The lowest BCUT2D eigenvalue weighted by Gasteiger charge is -2.19. The van der Waals surface area contributed by atoms with Gasteiger partial charge in [0.1, 0.15) is 0 Å². The van der Waals surface area contributed by atoms with Gasteiger partial charge in [0, 0.05) is 6.42 Å². The minimum Gasteiger partial charge on any atom is -0.394 e. The Labute approximate surface area is 230 Å². The van der Waals surface area contributed by atoms with Gasteiger partial charge in [0.2, 0.25) is 5.91 Å². The van der Waals surface area contributed by atoms with Crippen LogP contribution in [-0.4, -0.2) is 34.9 Å². The molecule has 0 saturated heterocycles. The van der Waals surface area contributed by atoms with E-state index in [1.807, 2.05) is 6.08 Å². The van der Waals surface area contributed by atoms with Crippen LogP contribution in [0.25, 0.3) is 0 Å². The molecule has 0 aromatic rings. The van der Waals surface area contributed by atoms with Crippen LogP contribution in [0.1, 0.15) is 149 Å². The van der Waals surface area contributed by atoms with E-state index in [0.717, 1.165) is 51.4 Å². The molecule has 0 bridgehead atoms. The molecule has 0 fully saturated rings. The topological polar surface area (TPSA) is 69.6 Å². The average Bonchev–Trinajstić information content (AvgIpc) is 2.90. The van der Waals surface area contributed by atoms with E-state index >= 15 is 0 Å². The lowest BCUT2D eigenvalue weighted by atomic mass is 10.1. The first-order valence-electron chi connectivity index (χ1n) is 15.7. The van der Waals surface area contributed by atoms with Crippen molar-refractivity contribution in [3.63, 3.8) is 0 Å². The Hall–Kier alpha value is -1.39. The Kier molecular flexibility index (Phi) is 28.1. The van der Waals surface area contributed by atoms with Crippen LogP contribution in [0.15, 0.2) is 36.5 Å². The van der Waals surface area contributed by atoms with Gasteiger partial charge < -0.3 is 15.5 Å². The van der Waals surface area contributed by atoms with Crippen molar-refractivity contribution in [2.24, 2.45) is 0 Å². The second-order valence-corrected chi connectivity index (χ2v) is 10.5. The van der Waals surface area contributed by atoms with Crippen molar-refractivity contribution < 1.29 is 15.0 Å². The molecule has 4 heteroatoms. The molecule has 2 unspecified atom stereocenters. The lowest BCUT2D eigenvalue weighted by molar-refractivity contribution is -0.123. The molecule has 0 aliphatic heterocycles. The third-order valence-corrected chi connectivity index (χ3v) is 6.85. The van der Waals surface area contributed by atoms with E-state index in [2.05, 4.69) is 43.5 Å². The molecule has 0 spiro atoms. The second kappa shape index (κ2) is 29.2. The molecule has 0 aromatic heterocycles. The summed E-state index contributed by atoms with van der Waals surface area (Å²) < 4.78 is 0. The number of rotatable bonds is 27. The smallest absolute Gasteiger partial charge is 0.220 e. The second-order valence-electron chi connectivity index (χ2n) is 10.5. The fraction of sp³-hybridized carbons (Fsp3) is 0.788. The minimum atomic E-state index is -0.862. The predicted molar refractivity (Wildman–Crippen MR) is 161 cm³/mol. The first-order chi connectivity index (χ1) is 18.2. The zero-order chi connectivity index (χ0) is 27.2. The van der Waals surface area contributed by atoms with E-state index in [0.29, 0.717) is 6.42 Å². The maximum atomic E-state index is 12.0. The van der Waals surface area contributed by atoms with Crippen LogP contribution in [-0.2, 0) is 4.79 Å². The van der Waals surface area contributed by atoms with E-state index in [1.165, 1.54) is 77.0 Å². The van der Waals surface area contributed by atoms with E-state index in [-0.39, 0.29) is 12.5 Å². The van der Waals surface area contributed by atoms with E-state index in [9.17, 15) is 15.0 Å². The molecule has 0 aromatic carbocycles. The largest absolute Gasteiger partial charge is 0.394 e. The van der Waals surface area contributed by atoms with Gasteiger partial charge in [-0.25, -0.2) is 0 Å². The van der Waals surface area contributed by atoms with Crippen molar-refractivity contribution >= 4 is 5.91 Å². The number of hydrogen-bond acceptors (Lipinski definition) is 3. The molecule has 37 heavy (non-hydrogen) atoms. The monoisotopic (exact) mass is 519 g/mol. The summed E-state index contributed by atoms with van der Waals surface area (Å²) in [6.45, 7) is 4.15. The molecule has 0 aliphatic rings. The summed E-state index contributed by atoms with van der Waals surface area (Å²) in [5, 5.41) is 22.5. The summed E-state index contributed by atoms with van der Waals surface area (Å²) in [6, 6.07) is -0.637. The van der Waals surface area contributed by atoms with Crippen LogP contribution >= 0.6 is 0 Å². The molecule has 4 nitrogen and oxygen atoms in total. The van der Waals surface area contributed by atoms with Gasteiger partial charge in [-0.05, 0) is 44.9 Å². The first kappa shape index (κ1) is 35.6. The van der Waals surface area contributed by atoms with Crippen molar-refractivity contribution in [1.82, 2.24) is 5.32 Å². The normalized spacial score (nSPS) is 13.7. The molecule has 0 heterocycles. The summed E-state index contributed by atoms with van der Waals surface area (Å²) in [7, 11) is 0. The van der Waals surface area contributed by atoms with Crippen LogP contribution < -0.4 is 5.32 Å². The van der Waals surface area contributed by atoms with E-state index in [1.54, 1.807) is 6.08 Å². The number of aliphatic hydroxyl groups is 2. The molecule has 0 rings (SSSR count). The standard InChI is InChI=1S/C33H61NO3/c1-3-5-7-9-10-11-12-13-14-15-16-17-18-19-20-21-22-23-24-25-26-28-32(36)31(30-35)34-33(37)29-27-8-6-4-2/h18-19,22-23,26,28,31-32,35-36H,3-17,20-21,24-25,27,29-30H2,1-2H3,(H,34,37)/b19-18+,23-22+,28-26+. The Morgan fingerprint density at radius 2 is 1.05 bits per heavy atom. The molecule has 0 saturated carbocycles. The van der Waals surface area contributed by atoms with Crippen molar-refractivity contribution in [3.8, 4) is 0 Å².